The van der Waals surface area contributed by atoms with Crippen LogP contribution in [-0.4, -0.2) is 14.2 Å². The maximum absolute atomic E-state index is 6.01. The lowest BCUT2D eigenvalue weighted by Crippen LogP contribution is -2.06. The Hall–Kier alpha value is -2.00. The molecule has 0 fully saturated rings. The molecule has 0 aliphatic carbocycles. The molecular weight excluding hydrogens is 250 g/mol. The topological polar surface area (TPSA) is 44.5 Å². The van der Waals surface area contributed by atoms with Gasteiger partial charge < -0.3 is 15.2 Å². The van der Waals surface area contributed by atoms with E-state index in [4.69, 9.17) is 15.2 Å². The van der Waals surface area contributed by atoms with Crippen LogP contribution in [0.15, 0.2) is 36.4 Å². The van der Waals surface area contributed by atoms with Crippen molar-refractivity contribution in [3.8, 4) is 22.6 Å². The van der Waals surface area contributed by atoms with Crippen LogP contribution in [-0.2, 0) is 0 Å². The molecule has 2 aromatic carbocycles. The summed E-state index contributed by atoms with van der Waals surface area (Å²) >= 11 is 0. The normalized spacial score (nSPS) is 12.1. The molecule has 0 aliphatic rings. The minimum atomic E-state index is -0.0571. The van der Waals surface area contributed by atoms with Crippen LogP contribution >= 0.6 is 0 Å². The van der Waals surface area contributed by atoms with Gasteiger partial charge in [0.2, 0.25) is 0 Å². The van der Waals surface area contributed by atoms with Crippen molar-refractivity contribution in [1.82, 2.24) is 0 Å². The summed E-state index contributed by atoms with van der Waals surface area (Å²) < 4.78 is 11.0. The number of nitrogens with two attached hydrogens (primary N) is 1. The van der Waals surface area contributed by atoms with Crippen LogP contribution in [0.5, 0.6) is 11.5 Å². The highest BCUT2D eigenvalue weighted by Crippen LogP contribution is 2.40. The lowest BCUT2D eigenvalue weighted by Gasteiger charge is -2.17. The Labute approximate surface area is 120 Å². The van der Waals surface area contributed by atoms with Gasteiger partial charge in [0.05, 0.1) is 14.2 Å². The van der Waals surface area contributed by atoms with E-state index in [-0.39, 0.29) is 6.04 Å². The van der Waals surface area contributed by atoms with Gasteiger partial charge in [0.15, 0.2) is 11.5 Å². The number of hydrogen-bond donors (Lipinski definition) is 1. The van der Waals surface area contributed by atoms with Crippen molar-refractivity contribution in [2.24, 2.45) is 5.73 Å². The predicted molar refractivity (Wildman–Crippen MR) is 82.3 cm³/mol. The van der Waals surface area contributed by atoms with E-state index in [1.54, 1.807) is 14.2 Å². The minimum Gasteiger partial charge on any atom is -0.493 e. The third-order valence-electron chi connectivity index (χ3n) is 3.36. The number of benzene rings is 2. The quantitative estimate of drug-likeness (QED) is 0.922. The fourth-order valence-corrected chi connectivity index (χ4v) is 2.28. The van der Waals surface area contributed by atoms with E-state index >= 15 is 0 Å². The zero-order valence-electron chi connectivity index (χ0n) is 12.4. The third-order valence-corrected chi connectivity index (χ3v) is 3.36. The highest BCUT2D eigenvalue weighted by Gasteiger charge is 2.15. The Morgan fingerprint density at radius 3 is 2.35 bits per heavy atom. The second kappa shape index (κ2) is 5.97. The zero-order valence-corrected chi connectivity index (χ0v) is 12.4. The Balaban J connectivity index is 2.68. The molecule has 0 saturated carbocycles. The second-order valence-electron chi connectivity index (χ2n) is 4.96. The largest absolute Gasteiger partial charge is 0.493 e. The average Bonchev–Trinajstić information content (AvgIpc) is 2.45. The molecule has 1 atom stereocenters. The van der Waals surface area contributed by atoms with E-state index in [1.807, 2.05) is 19.1 Å². The summed E-state index contributed by atoms with van der Waals surface area (Å²) in [4.78, 5) is 0. The SMILES string of the molecule is COc1cc(C(C)N)cc(-c2cccc(C)c2)c1OC. The van der Waals surface area contributed by atoms with Crippen molar-refractivity contribution in [2.45, 2.75) is 19.9 Å². The molecule has 0 heterocycles. The van der Waals surface area contributed by atoms with Crippen molar-refractivity contribution < 1.29 is 9.47 Å². The predicted octanol–water partition coefficient (Wildman–Crippen LogP) is 3.70. The molecule has 3 heteroatoms. The van der Waals surface area contributed by atoms with Gasteiger partial charge in [-0.2, -0.15) is 0 Å². The van der Waals surface area contributed by atoms with Gasteiger partial charge in [0.1, 0.15) is 0 Å². The summed E-state index contributed by atoms with van der Waals surface area (Å²) in [6, 6.07) is 12.2. The standard InChI is InChI=1S/C17H21NO2/c1-11-6-5-7-13(8-11)15-9-14(12(2)18)10-16(19-3)17(15)20-4/h5-10,12H,18H2,1-4H3. The van der Waals surface area contributed by atoms with Crippen LogP contribution < -0.4 is 15.2 Å². The van der Waals surface area contributed by atoms with Gasteiger partial charge in [-0.15, -0.1) is 0 Å². The van der Waals surface area contributed by atoms with E-state index < -0.39 is 0 Å². The molecule has 2 N–H and O–H groups in total. The molecule has 0 radical (unpaired) electrons. The Morgan fingerprint density at radius 2 is 1.80 bits per heavy atom. The molecule has 0 aromatic heterocycles. The first-order valence-electron chi connectivity index (χ1n) is 6.65. The van der Waals surface area contributed by atoms with Gasteiger partial charge in [-0.3, -0.25) is 0 Å². The molecule has 0 amide bonds. The van der Waals surface area contributed by atoms with E-state index in [0.717, 1.165) is 22.4 Å². The first kappa shape index (κ1) is 14.4. The van der Waals surface area contributed by atoms with Crippen LogP contribution in [0.1, 0.15) is 24.1 Å². The summed E-state index contributed by atoms with van der Waals surface area (Å²) in [6.45, 7) is 4.03. The van der Waals surface area contributed by atoms with Crippen molar-refractivity contribution in [3.63, 3.8) is 0 Å². The van der Waals surface area contributed by atoms with Crippen molar-refractivity contribution >= 4 is 0 Å². The fraction of sp³-hybridized carbons (Fsp3) is 0.294. The molecule has 20 heavy (non-hydrogen) atoms. The van der Waals surface area contributed by atoms with Crippen LogP contribution in [0, 0.1) is 6.92 Å². The maximum atomic E-state index is 6.01. The zero-order chi connectivity index (χ0) is 14.7. The smallest absolute Gasteiger partial charge is 0.168 e. The summed E-state index contributed by atoms with van der Waals surface area (Å²) in [6.07, 6.45) is 0. The van der Waals surface area contributed by atoms with Gasteiger partial charge in [-0.05, 0) is 37.1 Å². The van der Waals surface area contributed by atoms with Crippen molar-refractivity contribution in [1.29, 1.82) is 0 Å². The molecule has 0 saturated heterocycles. The van der Waals surface area contributed by atoms with E-state index in [1.165, 1.54) is 5.56 Å². The molecule has 2 rings (SSSR count). The lowest BCUT2D eigenvalue weighted by atomic mass is 9.97. The Kier molecular flexibility index (Phi) is 4.30. The minimum absolute atomic E-state index is 0.0571. The first-order valence-corrected chi connectivity index (χ1v) is 6.65. The summed E-state index contributed by atoms with van der Waals surface area (Å²) in [7, 11) is 3.30. The summed E-state index contributed by atoms with van der Waals surface area (Å²) in [5.41, 5.74) is 10.3. The van der Waals surface area contributed by atoms with E-state index in [9.17, 15) is 0 Å². The molecule has 0 bridgehead atoms. The van der Waals surface area contributed by atoms with Crippen LogP contribution in [0.4, 0.5) is 0 Å². The number of hydrogen-bond acceptors (Lipinski definition) is 3. The van der Waals surface area contributed by atoms with Crippen LogP contribution in [0.2, 0.25) is 0 Å². The summed E-state index contributed by atoms with van der Waals surface area (Å²) in [5, 5.41) is 0. The maximum Gasteiger partial charge on any atom is 0.168 e. The lowest BCUT2D eigenvalue weighted by molar-refractivity contribution is 0.355. The third kappa shape index (κ3) is 2.78. The Morgan fingerprint density at radius 1 is 1.05 bits per heavy atom. The molecule has 0 spiro atoms. The van der Waals surface area contributed by atoms with E-state index in [2.05, 4.69) is 31.2 Å². The van der Waals surface area contributed by atoms with Crippen LogP contribution in [0.25, 0.3) is 11.1 Å². The molecule has 2 aromatic rings. The van der Waals surface area contributed by atoms with Gasteiger partial charge in [0, 0.05) is 11.6 Å². The molecule has 1 unspecified atom stereocenters. The summed E-state index contributed by atoms with van der Waals surface area (Å²) in [5.74, 6) is 1.45. The van der Waals surface area contributed by atoms with Crippen molar-refractivity contribution in [2.75, 3.05) is 14.2 Å². The number of aryl methyl sites for hydroxylation is 1. The molecule has 3 nitrogen and oxygen atoms in total. The second-order valence-corrected chi connectivity index (χ2v) is 4.96. The monoisotopic (exact) mass is 271 g/mol. The number of ether oxygens (including phenoxy) is 2. The van der Waals surface area contributed by atoms with Gasteiger partial charge in [-0.1, -0.05) is 29.8 Å². The van der Waals surface area contributed by atoms with E-state index in [0.29, 0.717) is 5.75 Å². The molecular formula is C17H21NO2. The Bertz CT molecular complexity index is 606. The highest BCUT2D eigenvalue weighted by molar-refractivity contribution is 5.75. The number of rotatable bonds is 4. The first-order chi connectivity index (χ1) is 9.56. The van der Waals surface area contributed by atoms with Crippen molar-refractivity contribution in [3.05, 3.63) is 47.5 Å². The van der Waals surface area contributed by atoms with Gasteiger partial charge >= 0.3 is 0 Å². The fourth-order valence-electron chi connectivity index (χ4n) is 2.28. The van der Waals surface area contributed by atoms with Gasteiger partial charge in [-0.25, -0.2) is 0 Å². The van der Waals surface area contributed by atoms with Gasteiger partial charge in [0.25, 0.3) is 0 Å². The highest BCUT2D eigenvalue weighted by atomic mass is 16.5. The average molecular weight is 271 g/mol. The molecule has 0 aliphatic heterocycles. The van der Waals surface area contributed by atoms with Crippen LogP contribution in [0.3, 0.4) is 0 Å². The number of methoxy groups -OCH3 is 2. The molecule has 106 valence electrons.